The van der Waals surface area contributed by atoms with Gasteiger partial charge in [0.1, 0.15) is 0 Å². The van der Waals surface area contributed by atoms with Crippen LogP contribution in [0.4, 0.5) is 0 Å². The van der Waals surface area contributed by atoms with Crippen molar-refractivity contribution in [3.63, 3.8) is 0 Å². The van der Waals surface area contributed by atoms with Gasteiger partial charge in [-0.05, 0) is 123 Å². The Morgan fingerprint density at radius 2 is 0.941 bits per heavy atom. The maximum Gasteiger partial charge on any atom is 0.176 e. The van der Waals surface area contributed by atoms with Crippen LogP contribution in [0, 0.1) is 47.5 Å². The molecule has 1 unspecified atom stereocenters. The van der Waals surface area contributed by atoms with Gasteiger partial charge in [0.2, 0.25) is 0 Å². The van der Waals surface area contributed by atoms with Gasteiger partial charge < -0.3 is 0 Å². The van der Waals surface area contributed by atoms with Gasteiger partial charge in [-0.2, -0.15) is 0 Å². The summed E-state index contributed by atoms with van der Waals surface area (Å²) in [6.45, 7) is 23.2. The Kier molecular flexibility index (Phi) is 6.38. The Bertz CT molecular complexity index is 1230. The molecule has 1 atom stereocenters. The van der Waals surface area contributed by atoms with Gasteiger partial charge in [-0.3, -0.25) is 0 Å². The van der Waals surface area contributed by atoms with E-state index in [-0.39, 0.29) is 0 Å². The first-order valence-corrected chi connectivity index (χ1v) is 14.6. The van der Waals surface area contributed by atoms with E-state index in [1.807, 2.05) is 0 Å². The van der Waals surface area contributed by atoms with E-state index in [4.69, 9.17) is 0 Å². The van der Waals surface area contributed by atoms with E-state index in [0.717, 1.165) is 0 Å². The van der Waals surface area contributed by atoms with E-state index in [9.17, 15) is 0 Å². The van der Waals surface area contributed by atoms with Crippen molar-refractivity contribution in [1.82, 2.24) is 0 Å². The van der Waals surface area contributed by atoms with E-state index in [0.29, 0.717) is 5.92 Å². The average molecular weight is 465 g/mol. The standard InChI is InChI=1S/C33H40Si/c1-20-16-31(17-21(2)24(20)5)34(30-14-12-11-13-15-30,32-18-22(3)25(6)23(4)19-32)33-28(9)26(7)27(8)29(33)10/h11-19,28H,1-10H3. The SMILES string of the molecule is CC1=C(C)C(C)C([Si](c2ccccc2)(c2cc(C)c(C)c(C)c2)c2cc(C)c(C)c(C)c2)=C1C. The summed E-state index contributed by atoms with van der Waals surface area (Å²) in [7, 11) is -2.53. The molecule has 1 heteroatoms. The lowest BCUT2D eigenvalue weighted by Gasteiger charge is -2.39. The minimum absolute atomic E-state index is 0.440. The van der Waals surface area contributed by atoms with E-state index >= 15 is 0 Å². The first kappa shape index (κ1) is 24.5. The molecule has 34 heavy (non-hydrogen) atoms. The monoisotopic (exact) mass is 464 g/mol. The zero-order valence-corrected chi connectivity index (χ0v) is 23.8. The molecule has 4 rings (SSSR count). The summed E-state index contributed by atoms with van der Waals surface area (Å²) in [6, 6.07) is 21.5. The van der Waals surface area contributed by atoms with E-state index in [2.05, 4.69) is 124 Å². The molecule has 0 spiro atoms. The third-order valence-corrected chi connectivity index (χ3v) is 14.1. The molecule has 0 N–H and O–H groups in total. The third kappa shape index (κ3) is 3.57. The fraction of sp³-hybridized carbons (Fsp3) is 0.333. The maximum absolute atomic E-state index is 2.53. The highest BCUT2D eigenvalue weighted by atomic mass is 28.3. The Labute approximate surface area is 208 Å². The lowest BCUT2D eigenvalue weighted by molar-refractivity contribution is 0.851. The van der Waals surface area contributed by atoms with E-state index in [1.54, 1.807) is 5.20 Å². The second-order valence-corrected chi connectivity index (χ2v) is 14.4. The Hall–Kier alpha value is -2.64. The molecule has 1 aliphatic carbocycles. The van der Waals surface area contributed by atoms with E-state index < -0.39 is 8.07 Å². The smallest absolute Gasteiger partial charge is 0.0636 e. The zero-order valence-electron chi connectivity index (χ0n) is 22.8. The third-order valence-electron chi connectivity index (χ3n) is 8.97. The fourth-order valence-corrected chi connectivity index (χ4v) is 12.1. The summed E-state index contributed by atoms with van der Waals surface area (Å²) in [5.74, 6) is 0.440. The van der Waals surface area contributed by atoms with Crippen molar-refractivity contribution in [2.24, 2.45) is 5.92 Å². The Balaban J connectivity index is 2.26. The molecule has 0 bridgehead atoms. The predicted octanol–water partition coefficient (Wildman–Crippen LogP) is 6.85. The second-order valence-electron chi connectivity index (χ2n) is 10.7. The van der Waals surface area contributed by atoms with Crippen molar-refractivity contribution in [1.29, 1.82) is 0 Å². The molecule has 0 heterocycles. The molecular weight excluding hydrogens is 424 g/mol. The summed E-state index contributed by atoms with van der Waals surface area (Å²) >= 11 is 0. The minimum Gasteiger partial charge on any atom is -0.0636 e. The van der Waals surface area contributed by atoms with Crippen molar-refractivity contribution in [3.05, 3.63) is 110 Å². The van der Waals surface area contributed by atoms with Crippen molar-refractivity contribution in [3.8, 4) is 0 Å². The highest BCUT2D eigenvalue weighted by molar-refractivity contribution is 7.16. The highest BCUT2D eigenvalue weighted by Gasteiger charge is 2.48. The van der Waals surface area contributed by atoms with Crippen molar-refractivity contribution < 1.29 is 0 Å². The van der Waals surface area contributed by atoms with Crippen LogP contribution in [-0.2, 0) is 0 Å². The minimum atomic E-state index is -2.53. The lowest BCUT2D eigenvalue weighted by Crippen LogP contribution is -2.70. The summed E-state index contributed by atoms with van der Waals surface area (Å²) < 4.78 is 0. The maximum atomic E-state index is 2.52. The number of allylic oxidation sites excluding steroid dienone is 4. The predicted molar refractivity (Wildman–Crippen MR) is 153 cm³/mol. The molecule has 0 saturated carbocycles. The van der Waals surface area contributed by atoms with Crippen LogP contribution in [-0.4, -0.2) is 8.07 Å². The first-order valence-electron chi connectivity index (χ1n) is 12.6. The zero-order chi connectivity index (χ0) is 24.9. The summed E-state index contributed by atoms with van der Waals surface area (Å²) in [4.78, 5) is 0. The number of aryl methyl sites for hydroxylation is 4. The van der Waals surface area contributed by atoms with Crippen LogP contribution in [0.1, 0.15) is 61.1 Å². The van der Waals surface area contributed by atoms with Crippen LogP contribution in [0.5, 0.6) is 0 Å². The van der Waals surface area contributed by atoms with Crippen LogP contribution in [0.2, 0.25) is 0 Å². The van der Waals surface area contributed by atoms with Crippen molar-refractivity contribution >= 4 is 23.6 Å². The molecule has 0 fully saturated rings. The average Bonchev–Trinajstić information content (AvgIpc) is 3.00. The number of hydrogen-bond acceptors (Lipinski definition) is 0. The second kappa shape index (κ2) is 8.85. The topological polar surface area (TPSA) is 0 Å². The molecule has 0 nitrogen and oxygen atoms in total. The van der Waals surface area contributed by atoms with Crippen LogP contribution in [0.25, 0.3) is 0 Å². The molecule has 0 aromatic heterocycles. The van der Waals surface area contributed by atoms with Gasteiger partial charge in [0.15, 0.2) is 8.07 Å². The van der Waals surface area contributed by atoms with Gasteiger partial charge in [-0.1, -0.05) is 77.9 Å². The largest absolute Gasteiger partial charge is 0.176 e. The summed E-state index contributed by atoms with van der Waals surface area (Å²) in [5.41, 5.74) is 12.9. The van der Waals surface area contributed by atoms with Crippen molar-refractivity contribution in [2.75, 3.05) is 0 Å². The Morgan fingerprint density at radius 1 is 0.529 bits per heavy atom. The molecular formula is C33H40Si. The molecule has 0 saturated heterocycles. The van der Waals surface area contributed by atoms with Gasteiger partial charge >= 0.3 is 0 Å². The highest BCUT2D eigenvalue weighted by Crippen LogP contribution is 2.41. The normalized spacial score (nSPS) is 16.6. The van der Waals surface area contributed by atoms with Gasteiger partial charge in [0, 0.05) is 0 Å². The van der Waals surface area contributed by atoms with Crippen LogP contribution in [0.15, 0.2) is 76.5 Å². The van der Waals surface area contributed by atoms with Crippen LogP contribution < -0.4 is 15.6 Å². The molecule has 1 aliphatic rings. The number of benzene rings is 3. The molecule has 0 aliphatic heterocycles. The molecule has 0 radical (unpaired) electrons. The molecule has 0 amide bonds. The molecule has 3 aromatic carbocycles. The Morgan fingerprint density at radius 3 is 1.29 bits per heavy atom. The van der Waals surface area contributed by atoms with E-state index in [1.165, 1.54) is 65.7 Å². The lowest BCUT2D eigenvalue weighted by atomic mass is 10.0. The number of rotatable bonds is 4. The number of hydrogen-bond donors (Lipinski definition) is 0. The van der Waals surface area contributed by atoms with Gasteiger partial charge in [-0.15, -0.1) is 0 Å². The quantitative estimate of drug-likeness (QED) is 0.293. The summed E-state index contributed by atoms with van der Waals surface area (Å²) in [5, 5.41) is 6.19. The molecule has 176 valence electrons. The first-order chi connectivity index (χ1) is 16.0. The van der Waals surface area contributed by atoms with Gasteiger partial charge in [0.25, 0.3) is 0 Å². The van der Waals surface area contributed by atoms with Crippen LogP contribution >= 0.6 is 0 Å². The summed E-state index contributed by atoms with van der Waals surface area (Å²) in [6.07, 6.45) is 0. The molecule has 3 aromatic rings. The van der Waals surface area contributed by atoms with Gasteiger partial charge in [0.05, 0.1) is 0 Å². The fourth-order valence-electron chi connectivity index (χ4n) is 6.13. The van der Waals surface area contributed by atoms with Crippen LogP contribution in [0.3, 0.4) is 0 Å². The van der Waals surface area contributed by atoms with Gasteiger partial charge in [-0.25, -0.2) is 0 Å². The van der Waals surface area contributed by atoms with Crippen molar-refractivity contribution in [2.45, 2.75) is 69.2 Å².